The molecule has 0 heterocycles. The lowest BCUT2D eigenvalue weighted by Gasteiger charge is -2.18. The Hall–Kier alpha value is -1.22. The first-order valence-corrected chi connectivity index (χ1v) is 11.7. The summed E-state index contributed by atoms with van der Waals surface area (Å²) in [6.45, 7) is 7.32. The van der Waals surface area contributed by atoms with Crippen molar-refractivity contribution in [2.24, 2.45) is 0 Å². The Morgan fingerprint density at radius 3 is 2.41 bits per heavy atom. The third kappa shape index (κ3) is 7.37. The van der Waals surface area contributed by atoms with Crippen molar-refractivity contribution in [3.63, 3.8) is 0 Å². The molecule has 0 saturated carbocycles. The lowest BCUT2D eigenvalue weighted by atomic mass is 10.1. The van der Waals surface area contributed by atoms with Crippen molar-refractivity contribution < 1.29 is 9.47 Å². The zero-order chi connectivity index (χ0) is 19.5. The molecule has 0 radical (unpaired) electrons. The molecule has 0 spiro atoms. The highest BCUT2D eigenvalue weighted by Crippen LogP contribution is 2.35. The lowest BCUT2D eigenvalue weighted by molar-refractivity contribution is 0.213. The Kier molecular flexibility index (Phi) is 10.0. The minimum Gasteiger partial charge on any atom is -0.493 e. The molecule has 0 fully saturated rings. The van der Waals surface area contributed by atoms with Crippen molar-refractivity contribution in [2.75, 3.05) is 11.9 Å². The molecule has 0 aliphatic heterocycles. The van der Waals surface area contributed by atoms with Gasteiger partial charge in [0.2, 0.25) is 0 Å². The lowest BCUT2D eigenvalue weighted by Crippen LogP contribution is -2.12. The van der Waals surface area contributed by atoms with Crippen molar-refractivity contribution in [1.29, 1.82) is 0 Å². The molecule has 1 atom stereocenters. The second-order valence-electron chi connectivity index (χ2n) is 7.49. The maximum Gasteiger partial charge on any atom is 0.127 e. The number of hydrogen-bond acceptors (Lipinski definition) is 2. The number of hydrogen-bond donors (Lipinski definition) is 0. The summed E-state index contributed by atoms with van der Waals surface area (Å²) in [5.74, 6) is 1.93. The van der Waals surface area contributed by atoms with Crippen molar-refractivity contribution >= 4 is 26.7 Å². The molecule has 3 heteroatoms. The summed E-state index contributed by atoms with van der Waals surface area (Å²) in [6, 6.07) is 10.7. The van der Waals surface area contributed by atoms with E-state index in [0.717, 1.165) is 53.5 Å². The molecule has 0 aliphatic carbocycles. The van der Waals surface area contributed by atoms with Crippen LogP contribution in [0.2, 0.25) is 0 Å². The van der Waals surface area contributed by atoms with Crippen molar-refractivity contribution in [2.45, 2.75) is 78.2 Å². The average Bonchev–Trinajstić information content (AvgIpc) is 2.67. The van der Waals surface area contributed by atoms with E-state index >= 15 is 0 Å². The number of benzene rings is 2. The minimum absolute atomic E-state index is 0.209. The molecular weight excluding hydrogens is 400 g/mol. The van der Waals surface area contributed by atoms with E-state index in [1.807, 2.05) is 0 Å². The highest BCUT2D eigenvalue weighted by atomic mass is 79.9. The van der Waals surface area contributed by atoms with E-state index in [-0.39, 0.29) is 6.10 Å². The van der Waals surface area contributed by atoms with E-state index < -0.39 is 0 Å². The van der Waals surface area contributed by atoms with Gasteiger partial charge in [0, 0.05) is 16.1 Å². The maximum atomic E-state index is 6.24. The van der Waals surface area contributed by atoms with Gasteiger partial charge in [-0.05, 0) is 51.3 Å². The van der Waals surface area contributed by atoms with E-state index in [1.54, 1.807) is 0 Å². The van der Waals surface area contributed by atoms with E-state index in [9.17, 15) is 0 Å². The van der Waals surface area contributed by atoms with E-state index in [1.165, 1.54) is 37.7 Å². The van der Waals surface area contributed by atoms with Crippen molar-refractivity contribution in [3.8, 4) is 11.5 Å². The predicted molar refractivity (Wildman–Crippen MR) is 121 cm³/mol. The third-order valence-electron chi connectivity index (χ3n) is 4.92. The van der Waals surface area contributed by atoms with Gasteiger partial charge in [-0.15, -0.1) is 0 Å². The van der Waals surface area contributed by atoms with Gasteiger partial charge in [0.05, 0.1) is 12.7 Å². The fourth-order valence-electron chi connectivity index (χ4n) is 3.34. The molecule has 0 amide bonds. The summed E-state index contributed by atoms with van der Waals surface area (Å²) in [5.41, 5.74) is 1.24. The first kappa shape index (κ1) is 22.1. The van der Waals surface area contributed by atoms with Crippen LogP contribution < -0.4 is 9.47 Å². The Bertz CT molecular complexity index is 683. The second-order valence-corrected chi connectivity index (χ2v) is 8.28. The summed E-state index contributed by atoms with van der Waals surface area (Å²) < 4.78 is 12.4. The number of fused-ring (bicyclic) bond motifs is 1. The normalized spacial score (nSPS) is 12.3. The molecule has 0 N–H and O–H groups in total. The number of alkyl halides is 1. The van der Waals surface area contributed by atoms with Crippen LogP contribution in [0.1, 0.15) is 70.8 Å². The maximum absolute atomic E-state index is 6.24. The summed E-state index contributed by atoms with van der Waals surface area (Å²) >= 11 is 3.50. The monoisotopic (exact) mass is 434 g/mol. The standard InChI is InChI=1S/C24H35BrO2/c1-4-5-6-7-8-9-17-26-23-14-15-24(27-20(3)11-10-16-25)22-18-19(2)12-13-21(22)23/h12-15,18,20H,4-11,16-17H2,1-3H3. The van der Waals surface area contributed by atoms with Gasteiger partial charge in [0.1, 0.15) is 11.5 Å². The van der Waals surface area contributed by atoms with Crippen LogP contribution in [-0.2, 0) is 0 Å². The highest BCUT2D eigenvalue weighted by molar-refractivity contribution is 9.09. The quantitative estimate of drug-likeness (QED) is 0.236. The van der Waals surface area contributed by atoms with E-state index in [2.05, 4.69) is 67.0 Å². The largest absolute Gasteiger partial charge is 0.493 e. The van der Waals surface area contributed by atoms with Gasteiger partial charge in [-0.3, -0.25) is 0 Å². The minimum atomic E-state index is 0.209. The summed E-state index contributed by atoms with van der Waals surface area (Å²) in [5, 5.41) is 3.32. The molecule has 1 unspecified atom stereocenters. The fraction of sp³-hybridized carbons (Fsp3) is 0.583. The predicted octanol–water partition coefficient (Wildman–Crippen LogP) is 7.83. The van der Waals surface area contributed by atoms with Crippen LogP contribution in [0.5, 0.6) is 11.5 Å². The zero-order valence-electron chi connectivity index (χ0n) is 17.2. The molecule has 27 heavy (non-hydrogen) atoms. The second kappa shape index (κ2) is 12.3. The van der Waals surface area contributed by atoms with Crippen molar-refractivity contribution in [1.82, 2.24) is 0 Å². The molecule has 2 aromatic rings. The van der Waals surface area contributed by atoms with Gasteiger partial charge in [0.25, 0.3) is 0 Å². The van der Waals surface area contributed by atoms with Crippen LogP contribution >= 0.6 is 15.9 Å². The Morgan fingerprint density at radius 1 is 0.889 bits per heavy atom. The molecule has 0 saturated heterocycles. The van der Waals surface area contributed by atoms with Crippen LogP contribution in [0, 0.1) is 6.92 Å². The smallest absolute Gasteiger partial charge is 0.127 e. The zero-order valence-corrected chi connectivity index (χ0v) is 18.8. The van der Waals surface area contributed by atoms with Gasteiger partial charge >= 0.3 is 0 Å². The van der Waals surface area contributed by atoms with E-state index in [4.69, 9.17) is 9.47 Å². The van der Waals surface area contributed by atoms with Gasteiger partial charge in [-0.25, -0.2) is 0 Å². The number of ether oxygens (including phenoxy) is 2. The van der Waals surface area contributed by atoms with Crippen LogP contribution in [0.25, 0.3) is 10.8 Å². The first-order valence-electron chi connectivity index (χ1n) is 10.5. The Labute approximate surface area is 173 Å². The van der Waals surface area contributed by atoms with Crippen LogP contribution in [0.4, 0.5) is 0 Å². The fourth-order valence-corrected chi connectivity index (χ4v) is 3.66. The molecule has 150 valence electrons. The van der Waals surface area contributed by atoms with Crippen LogP contribution in [0.15, 0.2) is 30.3 Å². The Morgan fingerprint density at radius 2 is 1.63 bits per heavy atom. The first-order chi connectivity index (χ1) is 13.2. The van der Waals surface area contributed by atoms with Crippen molar-refractivity contribution in [3.05, 3.63) is 35.9 Å². The number of aryl methyl sites for hydroxylation is 1. The number of unbranched alkanes of at least 4 members (excludes halogenated alkanes) is 5. The highest BCUT2D eigenvalue weighted by Gasteiger charge is 2.11. The topological polar surface area (TPSA) is 18.5 Å². The molecule has 0 aromatic heterocycles. The third-order valence-corrected chi connectivity index (χ3v) is 5.48. The number of rotatable bonds is 13. The SMILES string of the molecule is CCCCCCCCOc1ccc(OC(C)CCCBr)c2cc(C)ccc12. The molecule has 2 aromatic carbocycles. The Balaban J connectivity index is 2.02. The summed E-state index contributed by atoms with van der Waals surface area (Å²) in [6.07, 6.45) is 10.1. The van der Waals surface area contributed by atoms with Gasteiger partial charge in [-0.2, -0.15) is 0 Å². The molecular formula is C24H35BrO2. The summed E-state index contributed by atoms with van der Waals surface area (Å²) in [7, 11) is 0. The van der Waals surface area contributed by atoms with Crippen LogP contribution in [0.3, 0.4) is 0 Å². The molecule has 0 bridgehead atoms. The van der Waals surface area contributed by atoms with Gasteiger partial charge in [0.15, 0.2) is 0 Å². The molecule has 0 aliphatic rings. The molecule has 2 rings (SSSR count). The van der Waals surface area contributed by atoms with Gasteiger partial charge < -0.3 is 9.47 Å². The number of halogens is 1. The van der Waals surface area contributed by atoms with Gasteiger partial charge in [-0.1, -0.05) is 72.7 Å². The molecule has 2 nitrogen and oxygen atoms in total. The average molecular weight is 435 g/mol. The summed E-state index contributed by atoms with van der Waals surface area (Å²) in [4.78, 5) is 0. The van der Waals surface area contributed by atoms with Crippen LogP contribution in [-0.4, -0.2) is 18.0 Å². The van der Waals surface area contributed by atoms with E-state index in [0.29, 0.717) is 0 Å².